The zero-order valence-electron chi connectivity index (χ0n) is 8.91. The van der Waals surface area contributed by atoms with E-state index in [1.165, 1.54) is 18.2 Å². The maximum atomic E-state index is 9.51. The zero-order valence-corrected chi connectivity index (χ0v) is 8.91. The second-order valence-corrected chi connectivity index (χ2v) is 3.44. The molecule has 2 aromatic carbocycles. The quantitative estimate of drug-likeness (QED) is 0.419. The number of nitrogens with zero attached hydrogens (tertiary/aromatic N) is 2. The van der Waals surface area contributed by atoms with Gasteiger partial charge in [0, 0.05) is 5.69 Å². The van der Waals surface area contributed by atoms with Crippen LogP contribution < -0.4 is 5.73 Å². The lowest BCUT2D eigenvalue weighted by molar-refractivity contribution is 0.474. The number of rotatable bonds is 2. The van der Waals surface area contributed by atoms with Crippen molar-refractivity contribution in [3.63, 3.8) is 0 Å². The monoisotopic (exact) mass is 229 g/mol. The van der Waals surface area contributed by atoms with Crippen LogP contribution in [0.2, 0.25) is 0 Å². The van der Waals surface area contributed by atoms with E-state index in [2.05, 4.69) is 10.2 Å². The topological polar surface area (TPSA) is 91.2 Å². The average Bonchev–Trinajstić information content (AvgIpc) is 2.32. The molecule has 2 aromatic rings. The minimum atomic E-state index is -0.0154. The fourth-order valence-corrected chi connectivity index (χ4v) is 1.28. The van der Waals surface area contributed by atoms with Crippen LogP contribution in [0.4, 0.5) is 17.1 Å². The van der Waals surface area contributed by atoms with Crippen molar-refractivity contribution in [1.82, 2.24) is 0 Å². The number of para-hydroxylation sites is 1. The van der Waals surface area contributed by atoms with Crippen LogP contribution in [0.3, 0.4) is 0 Å². The third kappa shape index (κ3) is 2.52. The Bertz CT molecular complexity index is 567. The van der Waals surface area contributed by atoms with Crippen molar-refractivity contribution in [2.24, 2.45) is 10.2 Å². The van der Waals surface area contributed by atoms with Gasteiger partial charge < -0.3 is 15.9 Å². The molecule has 17 heavy (non-hydrogen) atoms. The maximum Gasteiger partial charge on any atom is 0.143 e. The van der Waals surface area contributed by atoms with Gasteiger partial charge in [-0.3, -0.25) is 0 Å². The van der Waals surface area contributed by atoms with E-state index in [4.69, 9.17) is 5.73 Å². The number of phenolic OH excluding ortho intramolecular Hbond substituents is 2. The summed E-state index contributed by atoms with van der Waals surface area (Å²) in [6, 6.07) is 11.0. The number of nitrogens with two attached hydrogens (primary N) is 1. The number of anilines is 1. The molecule has 0 spiro atoms. The van der Waals surface area contributed by atoms with Gasteiger partial charge in [-0.25, -0.2) is 0 Å². The van der Waals surface area contributed by atoms with Gasteiger partial charge in [-0.1, -0.05) is 12.1 Å². The molecule has 5 nitrogen and oxygen atoms in total. The number of hydrogen-bond acceptors (Lipinski definition) is 5. The summed E-state index contributed by atoms with van der Waals surface area (Å²) in [6.07, 6.45) is 0. The molecule has 0 fully saturated rings. The Hall–Kier alpha value is -2.56. The number of benzene rings is 2. The molecule has 0 amide bonds. The Morgan fingerprint density at radius 3 is 2.24 bits per heavy atom. The number of azo groups is 1. The summed E-state index contributed by atoms with van der Waals surface area (Å²) < 4.78 is 0. The molecule has 0 aliphatic carbocycles. The molecular weight excluding hydrogens is 218 g/mol. The van der Waals surface area contributed by atoms with Gasteiger partial charge >= 0.3 is 0 Å². The van der Waals surface area contributed by atoms with Crippen LogP contribution >= 0.6 is 0 Å². The van der Waals surface area contributed by atoms with E-state index in [0.29, 0.717) is 11.4 Å². The Kier molecular flexibility index (Phi) is 2.91. The summed E-state index contributed by atoms with van der Waals surface area (Å²) >= 11 is 0. The lowest BCUT2D eigenvalue weighted by atomic mass is 10.2. The minimum Gasteiger partial charge on any atom is -0.506 e. The molecule has 5 heteroatoms. The molecule has 0 heterocycles. The second kappa shape index (κ2) is 4.52. The molecule has 0 atom stereocenters. The highest BCUT2D eigenvalue weighted by Crippen LogP contribution is 2.32. The van der Waals surface area contributed by atoms with Crippen molar-refractivity contribution < 1.29 is 10.2 Å². The number of phenols is 2. The highest BCUT2D eigenvalue weighted by atomic mass is 16.3. The first kappa shape index (κ1) is 10.9. The third-order valence-electron chi connectivity index (χ3n) is 2.15. The highest BCUT2D eigenvalue weighted by molar-refractivity contribution is 5.59. The van der Waals surface area contributed by atoms with Crippen LogP contribution in [0.1, 0.15) is 0 Å². The summed E-state index contributed by atoms with van der Waals surface area (Å²) in [4.78, 5) is 0. The van der Waals surface area contributed by atoms with E-state index in [9.17, 15) is 10.2 Å². The average molecular weight is 229 g/mol. The highest BCUT2D eigenvalue weighted by Gasteiger charge is 2.01. The summed E-state index contributed by atoms with van der Waals surface area (Å²) in [5, 5.41) is 26.7. The first-order chi connectivity index (χ1) is 8.16. The summed E-state index contributed by atoms with van der Waals surface area (Å²) in [5.74, 6) is 0.0120. The van der Waals surface area contributed by atoms with E-state index in [1.807, 2.05) is 0 Å². The lowest BCUT2D eigenvalue weighted by Crippen LogP contribution is -1.82. The van der Waals surface area contributed by atoms with Gasteiger partial charge in [-0.15, -0.1) is 10.2 Å². The van der Waals surface area contributed by atoms with Crippen LogP contribution in [0.5, 0.6) is 11.5 Å². The molecule has 0 radical (unpaired) electrons. The molecule has 0 saturated carbocycles. The van der Waals surface area contributed by atoms with Gasteiger partial charge in [0.05, 0.1) is 0 Å². The Morgan fingerprint density at radius 1 is 0.824 bits per heavy atom. The minimum absolute atomic E-state index is 0.0154. The Balaban J connectivity index is 2.32. The Labute approximate surface area is 97.9 Å². The van der Waals surface area contributed by atoms with E-state index >= 15 is 0 Å². The molecule has 0 saturated heterocycles. The smallest absolute Gasteiger partial charge is 0.143 e. The molecule has 0 aromatic heterocycles. The normalized spacial score (nSPS) is 10.8. The third-order valence-corrected chi connectivity index (χ3v) is 2.15. The first-order valence-corrected chi connectivity index (χ1v) is 4.95. The predicted octanol–water partition coefficient (Wildman–Crippen LogP) is 3.10. The molecule has 0 aliphatic heterocycles. The van der Waals surface area contributed by atoms with Crippen LogP contribution in [-0.4, -0.2) is 10.2 Å². The van der Waals surface area contributed by atoms with Crippen LogP contribution in [0.15, 0.2) is 52.7 Å². The summed E-state index contributed by atoms with van der Waals surface area (Å²) in [6.45, 7) is 0. The zero-order chi connectivity index (χ0) is 12.3. The van der Waals surface area contributed by atoms with Gasteiger partial charge in [0.2, 0.25) is 0 Å². The van der Waals surface area contributed by atoms with Gasteiger partial charge in [-0.05, 0) is 30.3 Å². The molecule has 0 bridgehead atoms. The van der Waals surface area contributed by atoms with Crippen molar-refractivity contribution in [2.75, 3.05) is 5.73 Å². The molecular formula is C12H11N3O2. The van der Waals surface area contributed by atoms with Crippen LogP contribution in [0, 0.1) is 0 Å². The largest absolute Gasteiger partial charge is 0.506 e. The summed E-state index contributed by atoms with van der Waals surface area (Å²) in [5.41, 5.74) is 6.63. The van der Waals surface area contributed by atoms with Crippen molar-refractivity contribution >= 4 is 17.1 Å². The standard InChI is InChI=1S/C12H11N3O2/c13-8-5-6-12(17)10(7-8)15-14-9-3-1-2-4-11(9)16/h1-7,16-17H,13H2. The van der Waals surface area contributed by atoms with E-state index in [1.54, 1.807) is 24.3 Å². The van der Waals surface area contributed by atoms with Crippen LogP contribution in [-0.2, 0) is 0 Å². The van der Waals surface area contributed by atoms with Crippen molar-refractivity contribution in [1.29, 1.82) is 0 Å². The van der Waals surface area contributed by atoms with E-state index in [-0.39, 0.29) is 17.2 Å². The van der Waals surface area contributed by atoms with Gasteiger partial charge in [0.1, 0.15) is 22.9 Å². The van der Waals surface area contributed by atoms with Crippen molar-refractivity contribution in [2.45, 2.75) is 0 Å². The number of nitrogen functional groups attached to an aromatic ring is 1. The molecule has 0 unspecified atom stereocenters. The lowest BCUT2D eigenvalue weighted by Gasteiger charge is -1.99. The summed E-state index contributed by atoms with van der Waals surface area (Å²) in [7, 11) is 0. The number of hydrogen-bond donors (Lipinski definition) is 3. The molecule has 86 valence electrons. The predicted molar refractivity (Wildman–Crippen MR) is 64.8 cm³/mol. The second-order valence-electron chi connectivity index (χ2n) is 3.44. The molecule has 2 rings (SSSR count). The number of aromatic hydroxyl groups is 2. The Morgan fingerprint density at radius 2 is 1.47 bits per heavy atom. The van der Waals surface area contributed by atoms with Gasteiger partial charge in [0.25, 0.3) is 0 Å². The fraction of sp³-hybridized carbons (Fsp3) is 0. The molecule has 4 N–H and O–H groups in total. The van der Waals surface area contributed by atoms with Crippen LogP contribution in [0.25, 0.3) is 0 Å². The SMILES string of the molecule is Nc1ccc(O)c(N=Nc2ccccc2O)c1. The van der Waals surface area contributed by atoms with E-state index in [0.717, 1.165) is 0 Å². The van der Waals surface area contributed by atoms with Gasteiger partial charge in [-0.2, -0.15) is 0 Å². The van der Waals surface area contributed by atoms with Crippen molar-refractivity contribution in [3.8, 4) is 11.5 Å². The van der Waals surface area contributed by atoms with Crippen molar-refractivity contribution in [3.05, 3.63) is 42.5 Å². The first-order valence-electron chi connectivity index (χ1n) is 4.95. The maximum absolute atomic E-state index is 9.51. The van der Waals surface area contributed by atoms with Gasteiger partial charge in [0.15, 0.2) is 0 Å². The fourth-order valence-electron chi connectivity index (χ4n) is 1.28. The molecule has 0 aliphatic rings. The van der Waals surface area contributed by atoms with E-state index < -0.39 is 0 Å².